The van der Waals surface area contributed by atoms with Gasteiger partial charge in [0.1, 0.15) is 0 Å². The van der Waals surface area contributed by atoms with Crippen molar-refractivity contribution in [3.05, 3.63) is 45.4 Å². The third-order valence-electron chi connectivity index (χ3n) is 3.00. The molecule has 2 rings (SSSR count). The quantitative estimate of drug-likeness (QED) is 0.454. The maximum absolute atomic E-state index is 5.86. The number of aromatic nitrogens is 1. The normalized spacial score (nSPS) is 11.1. The number of nitrogens with zero attached hydrogens (tertiary/aromatic N) is 2. The Morgan fingerprint density at radius 2 is 1.90 bits per heavy atom. The van der Waals surface area contributed by atoms with Gasteiger partial charge in [0, 0.05) is 23.5 Å². The fraction of sp³-hybridized carbons (Fsp3) is 0.333. The molecule has 1 aromatic carbocycles. The van der Waals surface area contributed by atoms with E-state index < -0.39 is 0 Å². The summed E-state index contributed by atoms with van der Waals surface area (Å²) in [6, 6.07) is 8.06. The summed E-state index contributed by atoms with van der Waals surface area (Å²) >= 11 is 1.73. The van der Waals surface area contributed by atoms with Crippen LogP contribution >= 0.6 is 35.3 Å². The number of hydrogen-bond donors (Lipinski definition) is 2. The fourth-order valence-corrected chi connectivity index (χ4v) is 2.67. The second-order valence-electron chi connectivity index (χ2n) is 4.76. The maximum atomic E-state index is 5.86. The number of nitrogens with one attached hydrogen (secondary N) is 1. The Morgan fingerprint density at radius 1 is 1.24 bits per heavy atom. The molecule has 4 nitrogen and oxygen atoms in total. The summed E-state index contributed by atoms with van der Waals surface area (Å²) in [6.07, 6.45) is 0.829. The summed E-state index contributed by atoms with van der Waals surface area (Å²) in [5.41, 5.74) is 9.15. The molecule has 6 heteroatoms. The molecule has 0 radical (unpaired) electrons. The van der Waals surface area contributed by atoms with Crippen LogP contribution in [-0.2, 0) is 6.42 Å². The van der Waals surface area contributed by atoms with E-state index in [0.717, 1.165) is 22.8 Å². The van der Waals surface area contributed by atoms with Crippen LogP contribution in [0.2, 0.25) is 0 Å². The summed E-state index contributed by atoms with van der Waals surface area (Å²) in [7, 11) is 0. The number of aliphatic imine (C=N–C) groups is 1. The number of halogens is 1. The molecule has 0 aliphatic rings. The Hall–Kier alpha value is -1.15. The number of aryl methyl sites for hydroxylation is 3. The van der Waals surface area contributed by atoms with Crippen LogP contribution in [0.25, 0.3) is 0 Å². The van der Waals surface area contributed by atoms with Crippen molar-refractivity contribution in [3.8, 4) is 0 Å². The van der Waals surface area contributed by atoms with E-state index in [2.05, 4.69) is 29.1 Å². The van der Waals surface area contributed by atoms with Gasteiger partial charge in [0.2, 0.25) is 0 Å². The molecular weight excluding hydrogens is 395 g/mol. The van der Waals surface area contributed by atoms with Gasteiger partial charge >= 0.3 is 0 Å². The first kappa shape index (κ1) is 17.9. The number of benzene rings is 1. The van der Waals surface area contributed by atoms with Gasteiger partial charge in [-0.25, -0.2) is 4.98 Å². The second-order valence-corrected chi connectivity index (χ2v) is 6.04. The average molecular weight is 416 g/mol. The predicted molar refractivity (Wildman–Crippen MR) is 102 cm³/mol. The molecule has 0 aliphatic heterocycles. The standard InChI is InChI=1S/C15H20N4S.HI/c1-10-4-6-13(7-5-10)19-15(16)17-9-8-14-18-11(2)12(3)20-14;/h4-7H,8-9H2,1-3H3,(H3,16,17,19);1H. The van der Waals surface area contributed by atoms with Crippen molar-refractivity contribution >= 4 is 47.0 Å². The lowest BCUT2D eigenvalue weighted by Crippen LogP contribution is -2.23. The minimum Gasteiger partial charge on any atom is -0.370 e. The van der Waals surface area contributed by atoms with Crippen molar-refractivity contribution in [3.63, 3.8) is 0 Å². The monoisotopic (exact) mass is 416 g/mol. The lowest BCUT2D eigenvalue weighted by atomic mass is 10.2. The smallest absolute Gasteiger partial charge is 0.193 e. The molecule has 3 N–H and O–H groups in total. The topological polar surface area (TPSA) is 63.3 Å². The Morgan fingerprint density at radius 3 is 2.48 bits per heavy atom. The van der Waals surface area contributed by atoms with E-state index in [1.807, 2.05) is 31.2 Å². The summed E-state index contributed by atoms with van der Waals surface area (Å²) in [4.78, 5) is 10.1. The van der Waals surface area contributed by atoms with E-state index in [1.165, 1.54) is 10.4 Å². The molecule has 21 heavy (non-hydrogen) atoms. The van der Waals surface area contributed by atoms with Gasteiger partial charge in [-0.3, -0.25) is 4.99 Å². The van der Waals surface area contributed by atoms with E-state index in [0.29, 0.717) is 12.5 Å². The van der Waals surface area contributed by atoms with Crippen LogP contribution < -0.4 is 11.1 Å². The average Bonchev–Trinajstić information content (AvgIpc) is 2.71. The minimum atomic E-state index is 0. The third kappa shape index (κ3) is 5.62. The molecule has 0 spiro atoms. The number of hydrogen-bond acceptors (Lipinski definition) is 3. The lowest BCUT2D eigenvalue weighted by Gasteiger charge is -2.05. The molecule has 0 unspecified atom stereocenters. The summed E-state index contributed by atoms with van der Waals surface area (Å²) in [5, 5.41) is 4.20. The Kier molecular flexibility index (Phi) is 7.10. The summed E-state index contributed by atoms with van der Waals surface area (Å²) in [6.45, 7) is 6.83. The lowest BCUT2D eigenvalue weighted by molar-refractivity contribution is 0.941. The van der Waals surface area contributed by atoms with Gasteiger partial charge in [0.15, 0.2) is 5.96 Å². The number of thiazole rings is 1. The van der Waals surface area contributed by atoms with Crippen LogP contribution in [0.5, 0.6) is 0 Å². The van der Waals surface area contributed by atoms with E-state index in [-0.39, 0.29) is 24.0 Å². The van der Waals surface area contributed by atoms with Gasteiger partial charge in [-0.05, 0) is 32.9 Å². The number of anilines is 1. The molecule has 0 saturated carbocycles. The SMILES string of the molecule is Cc1ccc(NC(N)=NCCc2nc(C)c(C)s2)cc1.I. The van der Waals surface area contributed by atoms with Gasteiger partial charge in [0.25, 0.3) is 0 Å². The number of rotatable bonds is 4. The largest absolute Gasteiger partial charge is 0.370 e. The van der Waals surface area contributed by atoms with Crippen LogP contribution in [0.4, 0.5) is 5.69 Å². The van der Waals surface area contributed by atoms with Crippen molar-refractivity contribution < 1.29 is 0 Å². The van der Waals surface area contributed by atoms with E-state index in [9.17, 15) is 0 Å². The zero-order valence-electron chi connectivity index (χ0n) is 12.5. The molecule has 114 valence electrons. The van der Waals surface area contributed by atoms with Crippen molar-refractivity contribution in [1.29, 1.82) is 0 Å². The summed E-state index contributed by atoms with van der Waals surface area (Å²) in [5.74, 6) is 0.443. The van der Waals surface area contributed by atoms with Crippen molar-refractivity contribution in [2.24, 2.45) is 10.7 Å². The molecule has 0 saturated heterocycles. The summed E-state index contributed by atoms with van der Waals surface area (Å²) < 4.78 is 0. The molecular formula is C15H21IN4S. The van der Waals surface area contributed by atoms with Gasteiger partial charge in [-0.2, -0.15) is 0 Å². The van der Waals surface area contributed by atoms with Crippen LogP contribution in [0.15, 0.2) is 29.3 Å². The van der Waals surface area contributed by atoms with Crippen LogP contribution in [0.1, 0.15) is 21.1 Å². The van der Waals surface area contributed by atoms with Crippen LogP contribution in [-0.4, -0.2) is 17.5 Å². The van der Waals surface area contributed by atoms with Crippen LogP contribution in [0, 0.1) is 20.8 Å². The van der Waals surface area contributed by atoms with E-state index >= 15 is 0 Å². The fourth-order valence-electron chi connectivity index (χ4n) is 1.74. The van der Waals surface area contributed by atoms with Gasteiger partial charge in [0.05, 0.1) is 10.7 Å². The third-order valence-corrected chi connectivity index (χ3v) is 4.14. The zero-order valence-corrected chi connectivity index (χ0v) is 15.7. The first-order valence-corrected chi connectivity index (χ1v) is 7.43. The van der Waals surface area contributed by atoms with Crippen LogP contribution in [0.3, 0.4) is 0 Å². The highest BCUT2D eigenvalue weighted by molar-refractivity contribution is 14.0. The van der Waals surface area contributed by atoms with Crippen molar-refractivity contribution in [2.75, 3.05) is 11.9 Å². The number of nitrogens with two attached hydrogens (primary N) is 1. The molecule has 0 amide bonds. The Balaban J connectivity index is 0.00000220. The van der Waals surface area contributed by atoms with Gasteiger partial charge in [-0.1, -0.05) is 17.7 Å². The predicted octanol–water partition coefficient (Wildman–Crippen LogP) is 3.66. The van der Waals surface area contributed by atoms with Gasteiger partial charge < -0.3 is 11.1 Å². The number of guanidine groups is 1. The molecule has 2 aromatic rings. The molecule has 1 aromatic heterocycles. The Bertz CT molecular complexity index is 585. The highest BCUT2D eigenvalue weighted by Crippen LogP contribution is 2.16. The molecule has 1 heterocycles. The molecule has 0 aliphatic carbocycles. The Labute approximate surface area is 146 Å². The highest BCUT2D eigenvalue weighted by atomic mass is 127. The highest BCUT2D eigenvalue weighted by Gasteiger charge is 2.02. The van der Waals surface area contributed by atoms with Gasteiger partial charge in [-0.15, -0.1) is 35.3 Å². The van der Waals surface area contributed by atoms with Crippen molar-refractivity contribution in [2.45, 2.75) is 27.2 Å². The first-order chi connectivity index (χ1) is 9.54. The van der Waals surface area contributed by atoms with E-state index in [4.69, 9.17) is 5.73 Å². The second kappa shape index (κ2) is 8.33. The molecule has 0 bridgehead atoms. The zero-order chi connectivity index (χ0) is 14.5. The van der Waals surface area contributed by atoms with Crippen molar-refractivity contribution in [1.82, 2.24) is 4.98 Å². The maximum Gasteiger partial charge on any atom is 0.193 e. The van der Waals surface area contributed by atoms with E-state index in [1.54, 1.807) is 11.3 Å². The molecule has 0 fully saturated rings. The first-order valence-electron chi connectivity index (χ1n) is 6.61. The minimum absolute atomic E-state index is 0. The molecule has 0 atom stereocenters.